The Kier molecular flexibility index (Phi) is 4.70. The van der Waals surface area contributed by atoms with Crippen LogP contribution in [0.2, 0.25) is 0 Å². The molecule has 0 aromatic carbocycles. The molecule has 2 aliphatic rings. The topological polar surface area (TPSA) is 50.3 Å². The number of anilines is 1. The van der Waals surface area contributed by atoms with Crippen LogP contribution in [0, 0.1) is 0 Å². The van der Waals surface area contributed by atoms with Crippen molar-refractivity contribution in [3.05, 3.63) is 17.6 Å². The minimum Gasteiger partial charge on any atom is -0.370 e. The van der Waals surface area contributed by atoms with Crippen LogP contribution in [0.4, 0.5) is 5.82 Å². The summed E-state index contributed by atoms with van der Waals surface area (Å²) in [5.74, 6) is 2.44. The van der Waals surface area contributed by atoms with Crippen LogP contribution in [-0.2, 0) is 4.74 Å². The van der Waals surface area contributed by atoms with Gasteiger partial charge >= 0.3 is 0 Å². The second-order valence-corrected chi connectivity index (χ2v) is 6.00. The Bertz CT molecular complexity index is 473. The Balaban J connectivity index is 1.79. The van der Waals surface area contributed by atoms with E-state index in [9.17, 15) is 0 Å². The van der Waals surface area contributed by atoms with Crippen LogP contribution in [0.3, 0.4) is 0 Å². The van der Waals surface area contributed by atoms with Crippen molar-refractivity contribution in [1.29, 1.82) is 0 Å². The molecule has 0 bridgehead atoms. The number of nitrogens with one attached hydrogen (secondary N) is 1. The molecule has 5 heteroatoms. The van der Waals surface area contributed by atoms with Gasteiger partial charge in [0.25, 0.3) is 0 Å². The third-order valence-electron chi connectivity index (χ3n) is 4.10. The zero-order valence-electron chi connectivity index (χ0n) is 13.1. The molecular weight excluding hydrogens is 264 g/mol. The van der Waals surface area contributed by atoms with E-state index in [-0.39, 0.29) is 6.10 Å². The highest BCUT2D eigenvalue weighted by Gasteiger charge is 2.29. The first-order chi connectivity index (χ1) is 10.3. The molecule has 21 heavy (non-hydrogen) atoms. The molecule has 0 amide bonds. The Morgan fingerprint density at radius 3 is 2.90 bits per heavy atom. The van der Waals surface area contributed by atoms with E-state index in [4.69, 9.17) is 9.72 Å². The lowest BCUT2D eigenvalue weighted by molar-refractivity contribution is -0.0342. The van der Waals surface area contributed by atoms with Crippen molar-refractivity contribution in [2.75, 3.05) is 38.1 Å². The fourth-order valence-corrected chi connectivity index (χ4v) is 2.87. The molecule has 1 atom stereocenters. The van der Waals surface area contributed by atoms with Crippen LogP contribution in [0.5, 0.6) is 0 Å². The summed E-state index contributed by atoms with van der Waals surface area (Å²) in [6.45, 7) is 9.03. The van der Waals surface area contributed by atoms with Gasteiger partial charge in [-0.1, -0.05) is 6.92 Å². The molecule has 116 valence electrons. The van der Waals surface area contributed by atoms with Crippen LogP contribution in [0.15, 0.2) is 6.07 Å². The molecule has 1 saturated carbocycles. The number of rotatable bonds is 6. The van der Waals surface area contributed by atoms with Gasteiger partial charge in [-0.2, -0.15) is 0 Å². The molecule has 1 saturated heterocycles. The van der Waals surface area contributed by atoms with Crippen molar-refractivity contribution in [1.82, 2.24) is 14.9 Å². The molecule has 3 rings (SSSR count). The highest BCUT2D eigenvalue weighted by atomic mass is 16.5. The van der Waals surface area contributed by atoms with Gasteiger partial charge in [-0.3, -0.25) is 4.90 Å². The third-order valence-corrected chi connectivity index (χ3v) is 4.10. The van der Waals surface area contributed by atoms with Gasteiger partial charge in [-0.05, 0) is 32.7 Å². The molecule has 1 aliphatic heterocycles. The third kappa shape index (κ3) is 3.71. The molecule has 1 N–H and O–H groups in total. The standard InChI is InChI=1S/C16H26N4O/c1-3-7-20-8-9-21-14(11-20)16-18-13(12-5-6-12)10-15(19-16)17-4-2/h10,12,14H,3-9,11H2,1-2H3,(H,17,18,19). The Labute approximate surface area is 127 Å². The van der Waals surface area contributed by atoms with Crippen LogP contribution in [0.25, 0.3) is 0 Å². The van der Waals surface area contributed by atoms with E-state index in [1.165, 1.54) is 25.0 Å². The van der Waals surface area contributed by atoms with Gasteiger partial charge < -0.3 is 10.1 Å². The molecule has 0 radical (unpaired) electrons. The SMILES string of the molecule is CCCN1CCOC(c2nc(NCC)cc(C3CC3)n2)C1. The summed E-state index contributed by atoms with van der Waals surface area (Å²) >= 11 is 0. The number of ether oxygens (including phenoxy) is 1. The molecule has 1 aliphatic carbocycles. The predicted octanol–water partition coefficient (Wildman–Crippen LogP) is 2.57. The summed E-state index contributed by atoms with van der Waals surface area (Å²) in [6, 6.07) is 2.11. The predicted molar refractivity (Wildman–Crippen MR) is 83.6 cm³/mol. The van der Waals surface area contributed by atoms with E-state index in [2.05, 4.69) is 35.1 Å². The van der Waals surface area contributed by atoms with E-state index < -0.39 is 0 Å². The van der Waals surface area contributed by atoms with E-state index in [0.29, 0.717) is 5.92 Å². The van der Waals surface area contributed by atoms with Crippen molar-refractivity contribution >= 4 is 5.82 Å². The number of hydrogen-bond donors (Lipinski definition) is 1. The maximum absolute atomic E-state index is 5.93. The molecular formula is C16H26N4O. The fraction of sp³-hybridized carbons (Fsp3) is 0.750. The van der Waals surface area contributed by atoms with Gasteiger partial charge in [0.05, 0.1) is 6.61 Å². The van der Waals surface area contributed by atoms with Crippen molar-refractivity contribution in [3.8, 4) is 0 Å². The fourth-order valence-electron chi connectivity index (χ4n) is 2.87. The Morgan fingerprint density at radius 1 is 1.33 bits per heavy atom. The maximum atomic E-state index is 5.93. The van der Waals surface area contributed by atoms with E-state index in [0.717, 1.165) is 44.4 Å². The lowest BCUT2D eigenvalue weighted by Gasteiger charge is -2.32. The van der Waals surface area contributed by atoms with E-state index in [1.54, 1.807) is 0 Å². The van der Waals surface area contributed by atoms with Gasteiger partial charge in [0.2, 0.25) is 0 Å². The second-order valence-electron chi connectivity index (χ2n) is 6.00. The maximum Gasteiger partial charge on any atom is 0.161 e. The number of aromatic nitrogens is 2. The van der Waals surface area contributed by atoms with Gasteiger partial charge in [0.1, 0.15) is 11.9 Å². The second kappa shape index (κ2) is 6.71. The average Bonchev–Trinajstić information content (AvgIpc) is 3.33. The van der Waals surface area contributed by atoms with Gasteiger partial charge in [-0.25, -0.2) is 9.97 Å². The molecule has 1 aromatic heterocycles. The average molecular weight is 290 g/mol. The summed E-state index contributed by atoms with van der Waals surface area (Å²) in [4.78, 5) is 11.9. The zero-order chi connectivity index (χ0) is 14.7. The Hall–Kier alpha value is -1.20. The first kappa shape index (κ1) is 14.7. The minimum atomic E-state index is 0.0152. The molecule has 0 spiro atoms. The summed E-state index contributed by atoms with van der Waals surface area (Å²) in [5.41, 5.74) is 1.19. The summed E-state index contributed by atoms with van der Waals surface area (Å²) in [6.07, 6.45) is 3.71. The number of morpholine rings is 1. The van der Waals surface area contributed by atoms with Crippen molar-refractivity contribution in [3.63, 3.8) is 0 Å². The zero-order valence-corrected chi connectivity index (χ0v) is 13.1. The lowest BCUT2D eigenvalue weighted by Crippen LogP contribution is -2.39. The van der Waals surface area contributed by atoms with Gasteiger partial charge in [0.15, 0.2) is 5.82 Å². The quantitative estimate of drug-likeness (QED) is 0.872. The normalized spacial score (nSPS) is 23.2. The van der Waals surface area contributed by atoms with Crippen LogP contribution in [0.1, 0.15) is 56.7 Å². The lowest BCUT2D eigenvalue weighted by atomic mass is 10.2. The number of hydrogen-bond acceptors (Lipinski definition) is 5. The van der Waals surface area contributed by atoms with Crippen molar-refractivity contribution in [2.24, 2.45) is 0 Å². The van der Waals surface area contributed by atoms with Crippen LogP contribution in [-0.4, -0.2) is 47.7 Å². The van der Waals surface area contributed by atoms with Crippen LogP contribution >= 0.6 is 0 Å². The van der Waals surface area contributed by atoms with E-state index >= 15 is 0 Å². The van der Waals surface area contributed by atoms with Gasteiger partial charge in [0, 0.05) is 37.3 Å². The largest absolute Gasteiger partial charge is 0.370 e. The first-order valence-corrected chi connectivity index (χ1v) is 8.26. The van der Waals surface area contributed by atoms with E-state index in [1.807, 2.05) is 0 Å². The first-order valence-electron chi connectivity index (χ1n) is 8.26. The Morgan fingerprint density at radius 2 is 2.19 bits per heavy atom. The minimum absolute atomic E-state index is 0.0152. The monoisotopic (exact) mass is 290 g/mol. The molecule has 1 unspecified atom stereocenters. The van der Waals surface area contributed by atoms with Crippen LogP contribution < -0.4 is 5.32 Å². The van der Waals surface area contributed by atoms with Crippen molar-refractivity contribution in [2.45, 2.75) is 45.1 Å². The summed E-state index contributed by atoms with van der Waals surface area (Å²) in [5, 5.41) is 3.33. The summed E-state index contributed by atoms with van der Waals surface area (Å²) in [7, 11) is 0. The molecule has 2 heterocycles. The summed E-state index contributed by atoms with van der Waals surface area (Å²) < 4.78 is 5.93. The van der Waals surface area contributed by atoms with Crippen molar-refractivity contribution < 1.29 is 4.74 Å². The molecule has 5 nitrogen and oxygen atoms in total. The highest BCUT2D eigenvalue weighted by molar-refractivity contribution is 5.38. The smallest absolute Gasteiger partial charge is 0.161 e. The molecule has 2 fully saturated rings. The highest BCUT2D eigenvalue weighted by Crippen LogP contribution is 2.40. The van der Waals surface area contributed by atoms with Gasteiger partial charge in [-0.15, -0.1) is 0 Å². The number of nitrogens with zero attached hydrogens (tertiary/aromatic N) is 3. The molecule has 1 aromatic rings.